The largest absolute Gasteiger partial charge is 0.465 e. The minimum atomic E-state index is -0.765. The predicted octanol–water partition coefficient (Wildman–Crippen LogP) is 1.37. The molecule has 2 rings (SSSR count). The molecule has 1 aromatic heterocycles. The molecular formula is C16H17N3O4. The Balaban J connectivity index is 2.50. The zero-order valence-electron chi connectivity index (χ0n) is 13.0. The molecule has 1 aromatic carbocycles. The van der Waals surface area contributed by atoms with E-state index in [1.807, 2.05) is 0 Å². The number of hydrogen-bond acceptors (Lipinski definition) is 4. The van der Waals surface area contributed by atoms with Gasteiger partial charge in [-0.2, -0.15) is 0 Å². The second kappa shape index (κ2) is 6.35. The molecule has 3 N–H and O–H groups in total. The SMILES string of the molecule is COC(=O)c1c(C(N)=O)c(C)n(NC(=O)c2ccccc2)c1C. The number of methoxy groups -OCH3 is 1. The van der Waals surface area contributed by atoms with E-state index in [2.05, 4.69) is 5.43 Å². The Morgan fingerprint density at radius 3 is 2.13 bits per heavy atom. The van der Waals surface area contributed by atoms with Crippen LogP contribution >= 0.6 is 0 Å². The number of nitrogens with one attached hydrogen (secondary N) is 1. The van der Waals surface area contributed by atoms with Crippen molar-refractivity contribution in [3.63, 3.8) is 0 Å². The minimum Gasteiger partial charge on any atom is -0.465 e. The fourth-order valence-electron chi connectivity index (χ4n) is 2.41. The molecule has 23 heavy (non-hydrogen) atoms. The van der Waals surface area contributed by atoms with Crippen molar-refractivity contribution in [1.29, 1.82) is 0 Å². The first kappa shape index (κ1) is 16.3. The van der Waals surface area contributed by atoms with Gasteiger partial charge in [0.05, 0.1) is 29.6 Å². The van der Waals surface area contributed by atoms with E-state index in [9.17, 15) is 14.4 Å². The third-order valence-corrected chi connectivity index (χ3v) is 3.53. The minimum absolute atomic E-state index is 0.0303. The molecule has 0 unspecified atom stereocenters. The van der Waals surface area contributed by atoms with Crippen LogP contribution < -0.4 is 11.2 Å². The summed E-state index contributed by atoms with van der Waals surface area (Å²) >= 11 is 0. The summed E-state index contributed by atoms with van der Waals surface area (Å²) in [5, 5.41) is 0. The van der Waals surface area contributed by atoms with Crippen molar-refractivity contribution in [1.82, 2.24) is 4.68 Å². The number of primary amides is 1. The van der Waals surface area contributed by atoms with Gasteiger partial charge in [0.1, 0.15) is 0 Å². The van der Waals surface area contributed by atoms with Gasteiger partial charge in [0.15, 0.2) is 0 Å². The molecule has 0 atom stereocenters. The van der Waals surface area contributed by atoms with Crippen molar-refractivity contribution >= 4 is 17.8 Å². The molecule has 0 spiro atoms. The third-order valence-electron chi connectivity index (χ3n) is 3.53. The summed E-state index contributed by atoms with van der Waals surface area (Å²) in [5.74, 6) is -1.83. The maximum Gasteiger partial charge on any atom is 0.340 e. The molecule has 0 fully saturated rings. The number of benzene rings is 1. The molecule has 0 aliphatic carbocycles. The van der Waals surface area contributed by atoms with Crippen LogP contribution in [0.25, 0.3) is 0 Å². The maximum absolute atomic E-state index is 12.3. The first-order valence-corrected chi connectivity index (χ1v) is 6.84. The number of carbonyl (C=O) groups is 3. The fraction of sp³-hybridized carbons (Fsp3) is 0.188. The summed E-state index contributed by atoms with van der Waals surface area (Å²) < 4.78 is 6.06. The second-order valence-electron chi connectivity index (χ2n) is 4.92. The Kier molecular flexibility index (Phi) is 4.49. The normalized spacial score (nSPS) is 10.2. The average molecular weight is 315 g/mol. The van der Waals surface area contributed by atoms with Crippen LogP contribution in [0.5, 0.6) is 0 Å². The number of ether oxygens (including phenoxy) is 1. The van der Waals surface area contributed by atoms with Crippen LogP contribution in [0, 0.1) is 13.8 Å². The highest BCUT2D eigenvalue weighted by Crippen LogP contribution is 2.22. The molecule has 7 nitrogen and oxygen atoms in total. The van der Waals surface area contributed by atoms with Gasteiger partial charge >= 0.3 is 5.97 Å². The monoisotopic (exact) mass is 315 g/mol. The van der Waals surface area contributed by atoms with E-state index in [0.29, 0.717) is 17.0 Å². The molecule has 7 heteroatoms. The quantitative estimate of drug-likeness (QED) is 0.832. The summed E-state index contributed by atoms with van der Waals surface area (Å²) in [7, 11) is 1.21. The first-order chi connectivity index (χ1) is 10.9. The highest BCUT2D eigenvalue weighted by atomic mass is 16.5. The second-order valence-corrected chi connectivity index (χ2v) is 4.92. The van der Waals surface area contributed by atoms with E-state index < -0.39 is 11.9 Å². The standard InChI is InChI=1S/C16H17N3O4/c1-9-12(14(17)20)13(16(22)23-3)10(2)19(9)18-15(21)11-7-5-4-6-8-11/h4-8H,1-3H3,(H2,17,20)(H,18,21). The third kappa shape index (κ3) is 2.94. The van der Waals surface area contributed by atoms with Gasteiger partial charge in [-0.05, 0) is 26.0 Å². The Hall–Kier alpha value is -3.09. The van der Waals surface area contributed by atoms with Crippen LogP contribution in [-0.2, 0) is 4.74 Å². The summed E-state index contributed by atoms with van der Waals surface area (Å²) in [4.78, 5) is 35.9. The summed E-state index contributed by atoms with van der Waals surface area (Å²) in [6.45, 7) is 3.18. The van der Waals surface area contributed by atoms with Crippen LogP contribution in [0.4, 0.5) is 0 Å². The van der Waals surface area contributed by atoms with Gasteiger partial charge < -0.3 is 10.5 Å². The lowest BCUT2D eigenvalue weighted by Gasteiger charge is -2.11. The Morgan fingerprint density at radius 2 is 1.61 bits per heavy atom. The fourth-order valence-corrected chi connectivity index (χ4v) is 2.41. The Morgan fingerprint density at radius 1 is 1.04 bits per heavy atom. The smallest absolute Gasteiger partial charge is 0.340 e. The highest BCUT2D eigenvalue weighted by Gasteiger charge is 2.27. The molecule has 0 radical (unpaired) electrons. The van der Waals surface area contributed by atoms with E-state index in [0.717, 1.165) is 0 Å². The Labute approximate surface area is 133 Å². The van der Waals surface area contributed by atoms with Crippen LogP contribution in [0.2, 0.25) is 0 Å². The molecule has 2 amide bonds. The van der Waals surface area contributed by atoms with Crippen LogP contribution in [-0.4, -0.2) is 29.6 Å². The van der Waals surface area contributed by atoms with Gasteiger partial charge in [-0.15, -0.1) is 0 Å². The van der Waals surface area contributed by atoms with Crippen molar-refractivity contribution in [2.24, 2.45) is 5.73 Å². The molecule has 0 aliphatic heterocycles. The lowest BCUT2D eigenvalue weighted by Crippen LogP contribution is -2.25. The zero-order chi connectivity index (χ0) is 17.1. The number of carbonyl (C=O) groups excluding carboxylic acids is 3. The number of amides is 2. The van der Waals surface area contributed by atoms with Crippen molar-refractivity contribution in [3.8, 4) is 0 Å². The maximum atomic E-state index is 12.3. The van der Waals surface area contributed by atoms with Crippen molar-refractivity contribution in [3.05, 3.63) is 58.4 Å². The van der Waals surface area contributed by atoms with E-state index in [1.54, 1.807) is 44.2 Å². The number of rotatable bonds is 4. The van der Waals surface area contributed by atoms with Crippen molar-refractivity contribution < 1.29 is 19.1 Å². The van der Waals surface area contributed by atoms with Crippen LogP contribution in [0.3, 0.4) is 0 Å². The topological polar surface area (TPSA) is 103 Å². The van der Waals surface area contributed by atoms with Gasteiger partial charge in [-0.25, -0.2) is 4.79 Å². The molecule has 0 saturated heterocycles. The Bertz CT molecular complexity index is 778. The number of aromatic nitrogens is 1. The molecule has 1 heterocycles. The number of nitrogens with zero attached hydrogens (tertiary/aromatic N) is 1. The summed E-state index contributed by atoms with van der Waals surface area (Å²) in [6, 6.07) is 8.57. The molecular weight excluding hydrogens is 298 g/mol. The van der Waals surface area contributed by atoms with Crippen molar-refractivity contribution in [2.75, 3.05) is 12.5 Å². The molecule has 120 valence electrons. The number of esters is 1. The summed E-state index contributed by atoms with van der Waals surface area (Å²) in [6.07, 6.45) is 0. The van der Waals surface area contributed by atoms with Gasteiger partial charge in [0, 0.05) is 5.56 Å². The van der Waals surface area contributed by atoms with Gasteiger partial charge in [0.25, 0.3) is 11.8 Å². The van der Waals surface area contributed by atoms with Gasteiger partial charge in [-0.1, -0.05) is 18.2 Å². The van der Waals surface area contributed by atoms with Gasteiger partial charge in [0.2, 0.25) is 0 Å². The highest BCUT2D eigenvalue weighted by molar-refractivity contribution is 6.07. The lowest BCUT2D eigenvalue weighted by molar-refractivity contribution is 0.0596. The van der Waals surface area contributed by atoms with E-state index in [4.69, 9.17) is 10.5 Å². The lowest BCUT2D eigenvalue weighted by atomic mass is 10.1. The van der Waals surface area contributed by atoms with Crippen LogP contribution in [0.1, 0.15) is 42.5 Å². The molecule has 0 aliphatic rings. The van der Waals surface area contributed by atoms with E-state index >= 15 is 0 Å². The molecule has 2 aromatic rings. The number of nitrogens with two attached hydrogens (primary N) is 1. The first-order valence-electron chi connectivity index (χ1n) is 6.84. The number of hydrogen-bond donors (Lipinski definition) is 2. The van der Waals surface area contributed by atoms with Crippen molar-refractivity contribution in [2.45, 2.75) is 13.8 Å². The van der Waals surface area contributed by atoms with Crippen LogP contribution in [0.15, 0.2) is 30.3 Å². The summed E-state index contributed by atoms with van der Waals surface area (Å²) in [5.41, 5.74) is 9.26. The van der Waals surface area contributed by atoms with E-state index in [-0.39, 0.29) is 17.0 Å². The zero-order valence-corrected chi connectivity index (χ0v) is 13.0. The molecule has 0 bridgehead atoms. The van der Waals surface area contributed by atoms with Gasteiger partial charge in [-0.3, -0.25) is 19.7 Å². The molecule has 0 saturated carbocycles. The van der Waals surface area contributed by atoms with E-state index in [1.165, 1.54) is 11.8 Å². The average Bonchev–Trinajstić information content (AvgIpc) is 2.79. The predicted molar refractivity (Wildman–Crippen MR) is 83.9 cm³/mol.